The number of hydrogen-bond acceptors (Lipinski definition) is 5. The van der Waals surface area contributed by atoms with E-state index in [1.807, 2.05) is 24.3 Å². The Morgan fingerprint density at radius 3 is 2.29 bits per heavy atom. The molecule has 0 atom stereocenters. The Balaban J connectivity index is 1.61. The predicted octanol–water partition coefficient (Wildman–Crippen LogP) is 1.98. The number of ether oxygens (including phenoxy) is 2. The summed E-state index contributed by atoms with van der Waals surface area (Å²) in [6, 6.07) is 13.7. The van der Waals surface area contributed by atoms with Gasteiger partial charge in [0.1, 0.15) is 12.3 Å². The van der Waals surface area contributed by atoms with E-state index in [-0.39, 0.29) is 6.54 Å². The molecule has 8 heteroatoms. The fourth-order valence-corrected chi connectivity index (χ4v) is 2.37. The van der Waals surface area contributed by atoms with Crippen molar-refractivity contribution in [1.82, 2.24) is 10.6 Å². The van der Waals surface area contributed by atoms with Gasteiger partial charge in [-0.1, -0.05) is 23.7 Å². The van der Waals surface area contributed by atoms with E-state index in [2.05, 4.69) is 10.6 Å². The topological polar surface area (TPSA) is 93.7 Å². The average Bonchev–Trinajstić information content (AvgIpc) is 2.71. The van der Waals surface area contributed by atoms with Gasteiger partial charge in [0.15, 0.2) is 6.61 Å². The minimum absolute atomic E-state index is 0.333. The van der Waals surface area contributed by atoms with Gasteiger partial charge in [-0.2, -0.15) is 0 Å². The van der Waals surface area contributed by atoms with Gasteiger partial charge in [-0.05, 0) is 48.4 Å². The van der Waals surface area contributed by atoms with Crippen LogP contribution in [0.3, 0.4) is 0 Å². The lowest BCUT2D eigenvalue weighted by Gasteiger charge is -2.08. The largest absolute Gasteiger partial charge is 0.497 e. The molecule has 0 saturated carbocycles. The third kappa shape index (κ3) is 7.28. The summed E-state index contributed by atoms with van der Waals surface area (Å²) in [6.45, 7) is -0.325. The van der Waals surface area contributed by atoms with Crippen LogP contribution in [0.25, 0.3) is 0 Å². The van der Waals surface area contributed by atoms with E-state index >= 15 is 0 Å². The van der Waals surface area contributed by atoms with E-state index in [0.717, 1.165) is 11.3 Å². The van der Waals surface area contributed by atoms with Gasteiger partial charge in [0.25, 0.3) is 11.8 Å². The second kappa shape index (κ2) is 10.9. The lowest BCUT2D eigenvalue weighted by molar-refractivity contribution is -0.147. The first kappa shape index (κ1) is 21.2. The molecule has 0 saturated heterocycles. The number of nitrogens with one attached hydrogen (secondary N) is 2. The van der Waals surface area contributed by atoms with Crippen LogP contribution in [0.1, 0.15) is 15.9 Å². The number of carbonyl (C=O) groups is 3. The Bertz CT molecular complexity index is 806. The Morgan fingerprint density at radius 1 is 0.964 bits per heavy atom. The highest BCUT2D eigenvalue weighted by Crippen LogP contribution is 2.11. The highest BCUT2D eigenvalue weighted by molar-refractivity contribution is 6.30. The number of benzene rings is 2. The van der Waals surface area contributed by atoms with Crippen molar-refractivity contribution in [2.24, 2.45) is 0 Å². The van der Waals surface area contributed by atoms with Gasteiger partial charge in [0, 0.05) is 17.1 Å². The van der Waals surface area contributed by atoms with Gasteiger partial charge in [-0.15, -0.1) is 0 Å². The molecule has 0 aliphatic rings. The minimum atomic E-state index is -0.701. The maximum Gasteiger partial charge on any atom is 0.325 e. The van der Waals surface area contributed by atoms with Crippen LogP contribution in [0.2, 0.25) is 5.02 Å². The van der Waals surface area contributed by atoms with Gasteiger partial charge in [0.2, 0.25) is 0 Å². The SMILES string of the molecule is COc1ccc(CCNC(=O)COC(=O)CNC(=O)c2ccc(Cl)cc2)cc1. The molecule has 7 nitrogen and oxygen atoms in total. The Morgan fingerprint density at radius 2 is 1.64 bits per heavy atom. The summed E-state index contributed by atoms with van der Waals surface area (Å²) in [5, 5.41) is 5.59. The molecule has 0 spiro atoms. The Hall–Kier alpha value is -3.06. The van der Waals surface area contributed by atoms with E-state index in [0.29, 0.717) is 23.6 Å². The summed E-state index contributed by atoms with van der Waals surface area (Å²) in [5.41, 5.74) is 1.41. The van der Waals surface area contributed by atoms with Crippen LogP contribution in [0.15, 0.2) is 48.5 Å². The zero-order chi connectivity index (χ0) is 20.4. The molecular weight excluding hydrogens is 384 g/mol. The number of hydrogen-bond donors (Lipinski definition) is 2. The smallest absolute Gasteiger partial charge is 0.325 e. The standard InChI is InChI=1S/C20H21ClN2O5/c1-27-17-8-2-14(3-9-17)10-11-22-18(24)13-28-19(25)12-23-20(26)15-4-6-16(21)7-5-15/h2-9H,10-13H2,1H3,(H,22,24)(H,23,26). The van der Waals surface area contributed by atoms with Crippen molar-refractivity contribution in [1.29, 1.82) is 0 Å². The minimum Gasteiger partial charge on any atom is -0.497 e. The number of amides is 2. The molecule has 2 aromatic rings. The van der Waals surface area contributed by atoms with Crippen molar-refractivity contribution in [3.63, 3.8) is 0 Å². The molecule has 2 N–H and O–H groups in total. The van der Waals surface area contributed by atoms with Crippen molar-refractivity contribution >= 4 is 29.4 Å². The van der Waals surface area contributed by atoms with Gasteiger partial charge >= 0.3 is 5.97 Å². The molecule has 28 heavy (non-hydrogen) atoms. The molecule has 2 amide bonds. The highest BCUT2D eigenvalue weighted by atomic mass is 35.5. The van der Waals surface area contributed by atoms with Crippen LogP contribution in [-0.4, -0.2) is 44.6 Å². The normalized spacial score (nSPS) is 10.1. The molecule has 0 unspecified atom stereocenters. The third-order valence-electron chi connectivity index (χ3n) is 3.76. The molecule has 2 rings (SSSR count). The highest BCUT2D eigenvalue weighted by Gasteiger charge is 2.10. The van der Waals surface area contributed by atoms with Gasteiger partial charge < -0.3 is 20.1 Å². The molecular formula is C20H21ClN2O5. The summed E-state index contributed by atoms with van der Waals surface area (Å²) in [7, 11) is 1.60. The van der Waals surface area contributed by atoms with E-state index in [4.69, 9.17) is 21.1 Å². The summed E-state index contributed by atoms with van der Waals surface area (Å²) in [5.74, 6) is -0.779. The summed E-state index contributed by atoms with van der Waals surface area (Å²) in [4.78, 5) is 35.2. The quantitative estimate of drug-likeness (QED) is 0.623. The first-order chi connectivity index (χ1) is 13.5. The summed E-state index contributed by atoms with van der Waals surface area (Å²) < 4.78 is 9.92. The van der Waals surface area contributed by atoms with Gasteiger partial charge in [-0.3, -0.25) is 14.4 Å². The average molecular weight is 405 g/mol. The van der Waals surface area contributed by atoms with Crippen LogP contribution in [0, 0.1) is 0 Å². The van der Waals surface area contributed by atoms with Crippen molar-refractivity contribution in [2.75, 3.05) is 26.8 Å². The first-order valence-corrected chi connectivity index (χ1v) is 8.94. The molecule has 0 bridgehead atoms. The fourth-order valence-electron chi connectivity index (χ4n) is 2.24. The predicted molar refractivity (Wildman–Crippen MR) is 104 cm³/mol. The zero-order valence-corrected chi connectivity index (χ0v) is 16.1. The molecule has 0 aliphatic carbocycles. The fraction of sp³-hybridized carbons (Fsp3) is 0.250. The molecule has 0 heterocycles. The van der Waals surface area contributed by atoms with E-state index in [1.165, 1.54) is 0 Å². The molecule has 2 aromatic carbocycles. The zero-order valence-electron chi connectivity index (χ0n) is 15.4. The van der Waals surface area contributed by atoms with Crippen molar-refractivity contribution in [2.45, 2.75) is 6.42 Å². The van der Waals surface area contributed by atoms with Gasteiger partial charge in [-0.25, -0.2) is 0 Å². The molecule has 0 aromatic heterocycles. The van der Waals surface area contributed by atoms with E-state index in [9.17, 15) is 14.4 Å². The van der Waals surface area contributed by atoms with Crippen LogP contribution in [0.4, 0.5) is 0 Å². The van der Waals surface area contributed by atoms with Gasteiger partial charge in [0.05, 0.1) is 7.11 Å². The lowest BCUT2D eigenvalue weighted by atomic mass is 10.1. The number of rotatable bonds is 9. The van der Waals surface area contributed by atoms with Crippen LogP contribution in [0.5, 0.6) is 5.75 Å². The molecule has 0 radical (unpaired) electrons. The van der Waals surface area contributed by atoms with Crippen LogP contribution >= 0.6 is 11.6 Å². The number of carbonyl (C=O) groups excluding carboxylic acids is 3. The summed E-state index contributed by atoms with van der Waals surface area (Å²) >= 11 is 5.75. The number of esters is 1. The second-order valence-corrected chi connectivity index (χ2v) is 6.23. The van der Waals surface area contributed by atoms with Crippen molar-refractivity contribution in [3.05, 3.63) is 64.7 Å². The van der Waals surface area contributed by atoms with Crippen molar-refractivity contribution in [3.8, 4) is 5.75 Å². The maximum atomic E-state index is 11.9. The molecule has 148 valence electrons. The molecule has 0 fully saturated rings. The Labute approximate surface area is 168 Å². The number of methoxy groups -OCH3 is 1. The van der Waals surface area contributed by atoms with Crippen LogP contribution < -0.4 is 15.4 Å². The van der Waals surface area contributed by atoms with E-state index < -0.39 is 24.4 Å². The number of halogens is 1. The van der Waals surface area contributed by atoms with E-state index in [1.54, 1.807) is 31.4 Å². The third-order valence-corrected chi connectivity index (χ3v) is 4.01. The molecule has 0 aliphatic heterocycles. The Kier molecular flexibility index (Phi) is 8.30. The second-order valence-electron chi connectivity index (χ2n) is 5.80. The summed E-state index contributed by atoms with van der Waals surface area (Å²) in [6.07, 6.45) is 0.640. The first-order valence-electron chi connectivity index (χ1n) is 8.57. The van der Waals surface area contributed by atoms with Crippen molar-refractivity contribution < 1.29 is 23.9 Å². The lowest BCUT2D eigenvalue weighted by Crippen LogP contribution is -2.34. The van der Waals surface area contributed by atoms with Crippen LogP contribution in [-0.2, 0) is 20.7 Å². The monoisotopic (exact) mass is 404 g/mol. The maximum absolute atomic E-state index is 11.9.